The fraction of sp³-hybridized carbons (Fsp3) is 0.375. The van der Waals surface area contributed by atoms with Gasteiger partial charge in [-0.05, 0) is 29.9 Å². The molecule has 2 aromatic rings. The van der Waals surface area contributed by atoms with Crippen molar-refractivity contribution in [2.75, 3.05) is 27.9 Å². The van der Waals surface area contributed by atoms with E-state index in [1.165, 1.54) is 5.56 Å². The van der Waals surface area contributed by atoms with Gasteiger partial charge >= 0.3 is 0 Å². The molecule has 20 heavy (non-hydrogen) atoms. The maximum absolute atomic E-state index is 8.92. The molecule has 0 bridgehead atoms. The Morgan fingerprint density at radius 2 is 1.70 bits per heavy atom. The summed E-state index contributed by atoms with van der Waals surface area (Å²) in [5.41, 5.74) is 1.18. The number of hydrogen-bond acceptors (Lipinski definition) is 4. The average Bonchev–Trinajstić information content (AvgIpc) is 2.50. The molecule has 0 aliphatic heterocycles. The van der Waals surface area contributed by atoms with Crippen molar-refractivity contribution in [2.24, 2.45) is 0 Å². The lowest BCUT2D eigenvalue weighted by atomic mass is 10.0. The molecule has 0 radical (unpaired) electrons. The molecule has 0 amide bonds. The third-order valence-corrected chi connectivity index (χ3v) is 3.33. The van der Waals surface area contributed by atoms with Gasteiger partial charge in [0.15, 0.2) is 11.5 Å². The predicted octanol–water partition coefficient (Wildman–Crippen LogP) is 2.79. The van der Waals surface area contributed by atoms with Gasteiger partial charge in [-0.3, -0.25) is 0 Å². The predicted molar refractivity (Wildman–Crippen MR) is 79.0 cm³/mol. The monoisotopic (exact) mass is 276 g/mol. The molecule has 0 aliphatic carbocycles. The van der Waals surface area contributed by atoms with E-state index in [2.05, 4.69) is 6.07 Å². The zero-order chi connectivity index (χ0) is 14.5. The van der Waals surface area contributed by atoms with Crippen LogP contribution in [0, 0.1) is 0 Å². The van der Waals surface area contributed by atoms with Crippen LogP contribution in [0.1, 0.15) is 12.0 Å². The molecule has 0 saturated heterocycles. The van der Waals surface area contributed by atoms with Crippen molar-refractivity contribution in [3.05, 3.63) is 29.8 Å². The standard InChI is InChI=1S/C16H20O4/c1-18-14-10-12-9-11(5-4-8-17)6-7-13(12)15(19-2)16(14)20-3/h6-7,9-10,17H,4-5,8H2,1-3H3. The Hall–Kier alpha value is -1.94. The van der Waals surface area contributed by atoms with Crippen LogP contribution in [0.5, 0.6) is 17.2 Å². The number of ether oxygens (including phenoxy) is 3. The molecular weight excluding hydrogens is 256 g/mol. The van der Waals surface area contributed by atoms with Gasteiger partial charge in [0.1, 0.15) is 0 Å². The first kappa shape index (κ1) is 14.5. The summed E-state index contributed by atoms with van der Waals surface area (Å²) in [6.45, 7) is 0.202. The topological polar surface area (TPSA) is 47.9 Å². The van der Waals surface area contributed by atoms with Crippen LogP contribution in [0.15, 0.2) is 24.3 Å². The molecule has 108 valence electrons. The maximum atomic E-state index is 8.92. The Morgan fingerprint density at radius 1 is 0.950 bits per heavy atom. The first-order chi connectivity index (χ1) is 9.74. The van der Waals surface area contributed by atoms with E-state index >= 15 is 0 Å². The first-order valence-electron chi connectivity index (χ1n) is 6.57. The van der Waals surface area contributed by atoms with Gasteiger partial charge in [0, 0.05) is 12.0 Å². The zero-order valence-corrected chi connectivity index (χ0v) is 12.1. The minimum absolute atomic E-state index is 0.202. The number of aliphatic hydroxyl groups is 1. The number of benzene rings is 2. The summed E-state index contributed by atoms with van der Waals surface area (Å²) >= 11 is 0. The van der Waals surface area contributed by atoms with Crippen LogP contribution in [-0.2, 0) is 6.42 Å². The van der Waals surface area contributed by atoms with Crippen LogP contribution in [0.3, 0.4) is 0 Å². The Balaban J connectivity index is 2.58. The van der Waals surface area contributed by atoms with Crippen molar-refractivity contribution in [3.63, 3.8) is 0 Å². The van der Waals surface area contributed by atoms with Crippen molar-refractivity contribution in [1.82, 2.24) is 0 Å². The van der Waals surface area contributed by atoms with Crippen LogP contribution in [0.4, 0.5) is 0 Å². The Labute approximate surface area is 118 Å². The van der Waals surface area contributed by atoms with Gasteiger partial charge in [-0.25, -0.2) is 0 Å². The summed E-state index contributed by atoms with van der Waals surface area (Å²) in [7, 11) is 4.83. The quantitative estimate of drug-likeness (QED) is 0.881. The van der Waals surface area contributed by atoms with Gasteiger partial charge in [-0.15, -0.1) is 0 Å². The van der Waals surface area contributed by atoms with E-state index in [4.69, 9.17) is 19.3 Å². The summed E-state index contributed by atoms with van der Waals surface area (Å²) in [6.07, 6.45) is 1.61. The van der Waals surface area contributed by atoms with Gasteiger partial charge in [0.25, 0.3) is 0 Å². The second-order valence-corrected chi connectivity index (χ2v) is 4.53. The summed E-state index contributed by atoms with van der Waals surface area (Å²) in [5, 5.41) is 10.9. The van der Waals surface area contributed by atoms with Crippen LogP contribution in [-0.4, -0.2) is 33.0 Å². The normalized spacial score (nSPS) is 10.6. The lowest BCUT2D eigenvalue weighted by molar-refractivity contribution is 0.288. The molecule has 4 nitrogen and oxygen atoms in total. The van der Waals surface area contributed by atoms with Crippen LogP contribution in [0.25, 0.3) is 10.8 Å². The second-order valence-electron chi connectivity index (χ2n) is 4.53. The van der Waals surface area contributed by atoms with E-state index in [-0.39, 0.29) is 6.61 Å². The number of hydrogen-bond donors (Lipinski definition) is 1. The zero-order valence-electron chi connectivity index (χ0n) is 12.1. The van der Waals surface area contributed by atoms with Crippen molar-refractivity contribution in [2.45, 2.75) is 12.8 Å². The SMILES string of the molecule is COc1cc2cc(CCCO)ccc2c(OC)c1OC. The van der Waals surface area contributed by atoms with Gasteiger partial charge in [0.2, 0.25) is 5.75 Å². The fourth-order valence-electron chi connectivity index (χ4n) is 2.37. The highest BCUT2D eigenvalue weighted by atomic mass is 16.5. The smallest absolute Gasteiger partial charge is 0.203 e. The second kappa shape index (κ2) is 6.48. The molecular formula is C16H20O4. The van der Waals surface area contributed by atoms with Crippen LogP contribution in [0.2, 0.25) is 0 Å². The van der Waals surface area contributed by atoms with E-state index < -0.39 is 0 Å². The highest BCUT2D eigenvalue weighted by molar-refractivity contribution is 5.93. The molecule has 4 heteroatoms. The van der Waals surface area contributed by atoms with E-state index in [1.807, 2.05) is 18.2 Å². The molecule has 0 heterocycles. The Kier molecular flexibility index (Phi) is 4.69. The third kappa shape index (κ3) is 2.65. The average molecular weight is 276 g/mol. The first-order valence-corrected chi connectivity index (χ1v) is 6.57. The number of methoxy groups -OCH3 is 3. The lowest BCUT2D eigenvalue weighted by Crippen LogP contribution is -1.96. The van der Waals surface area contributed by atoms with Gasteiger partial charge in [0.05, 0.1) is 21.3 Å². The van der Waals surface area contributed by atoms with E-state index in [9.17, 15) is 0 Å². The maximum Gasteiger partial charge on any atom is 0.203 e. The minimum Gasteiger partial charge on any atom is -0.493 e. The molecule has 2 rings (SSSR count). The molecule has 2 aromatic carbocycles. The van der Waals surface area contributed by atoms with Crippen molar-refractivity contribution in [1.29, 1.82) is 0 Å². The summed E-state index contributed by atoms with van der Waals surface area (Å²) < 4.78 is 16.2. The van der Waals surface area contributed by atoms with Crippen molar-refractivity contribution < 1.29 is 19.3 Å². The minimum atomic E-state index is 0.202. The molecule has 0 fully saturated rings. The van der Waals surface area contributed by atoms with Crippen molar-refractivity contribution in [3.8, 4) is 17.2 Å². The number of rotatable bonds is 6. The Morgan fingerprint density at radius 3 is 2.30 bits per heavy atom. The van der Waals surface area contributed by atoms with Gasteiger partial charge in [-0.2, -0.15) is 0 Å². The molecule has 1 N–H and O–H groups in total. The van der Waals surface area contributed by atoms with Crippen LogP contribution >= 0.6 is 0 Å². The largest absolute Gasteiger partial charge is 0.493 e. The van der Waals surface area contributed by atoms with Gasteiger partial charge < -0.3 is 19.3 Å². The Bertz CT molecular complexity index is 593. The van der Waals surface area contributed by atoms with E-state index in [0.29, 0.717) is 17.2 Å². The van der Waals surface area contributed by atoms with Crippen LogP contribution < -0.4 is 14.2 Å². The molecule has 0 spiro atoms. The summed E-state index contributed by atoms with van der Waals surface area (Å²) in [6, 6.07) is 8.10. The summed E-state index contributed by atoms with van der Waals surface area (Å²) in [5.74, 6) is 1.93. The van der Waals surface area contributed by atoms with E-state index in [0.717, 1.165) is 23.6 Å². The molecule has 0 aliphatic rings. The highest BCUT2D eigenvalue weighted by Crippen LogP contribution is 2.43. The number of fused-ring (bicyclic) bond motifs is 1. The highest BCUT2D eigenvalue weighted by Gasteiger charge is 2.15. The van der Waals surface area contributed by atoms with Crippen molar-refractivity contribution >= 4 is 10.8 Å². The molecule has 0 atom stereocenters. The fourth-order valence-corrected chi connectivity index (χ4v) is 2.37. The van der Waals surface area contributed by atoms with Gasteiger partial charge in [-0.1, -0.05) is 18.2 Å². The lowest BCUT2D eigenvalue weighted by Gasteiger charge is -2.15. The summed E-state index contributed by atoms with van der Waals surface area (Å²) in [4.78, 5) is 0. The van der Waals surface area contributed by atoms with E-state index in [1.54, 1.807) is 21.3 Å². The molecule has 0 aromatic heterocycles. The number of aryl methyl sites for hydroxylation is 1. The third-order valence-electron chi connectivity index (χ3n) is 3.33. The molecule has 0 unspecified atom stereocenters. The number of aliphatic hydroxyl groups excluding tert-OH is 1. The molecule has 0 saturated carbocycles.